The molecule has 0 unspecified atom stereocenters. The molecule has 244 valence electrons. The lowest BCUT2D eigenvalue weighted by Crippen LogP contribution is -2.41. The number of aromatic nitrogens is 1. The number of esters is 1. The molecule has 47 heavy (non-hydrogen) atoms. The van der Waals surface area contributed by atoms with Gasteiger partial charge in [-0.2, -0.15) is 21.6 Å². The number of benzene rings is 3. The van der Waals surface area contributed by atoms with Crippen LogP contribution in [-0.2, 0) is 19.6 Å². The highest BCUT2D eigenvalue weighted by atomic mass is 35.5. The number of thiazole rings is 1. The lowest BCUT2D eigenvalue weighted by molar-refractivity contribution is -0.385. The minimum Gasteiger partial charge on any atom is -0.463 e. The molecule has 0 aliphatic carbocycles. The Kier molecular flexibility index (Phi) is 9.12. The Morgan fingerprint density at radius 2 is 1.79 bits per heavy atom. The Morgan fingerprint density at radius 1 is 1.13 bits per heavy atom. The number of hydrogen-bond acceptors (Lipinski definition) is 10. The van der Waals surface area contributed by atoms with Crippen LogP contribution in [0.3, 0.4) is 0 Å². The minimum atomic E-state index is -5.07. The van der Waals surface area contributed by atoms with Gasteiger partial charge < -0.3 is 8.92 Å². The number of aryl methyl sites for hydroxylation is 1. The smallest absolute Gasteiger partial charge is 0.434 e. The molecule has 0 amide bonds. The number of ether oxygens (including phenoxy) is 1. The van der Waals surface area contributed by atoms with E-state index >= 15 is 0 Å². The molecule has 1 atom stereocenters. The molecular formula is C30H21ClF3N3O8S2. The van der Waals surface area contributed by atoms with Gasteiger partial charge in [0.1, 0.15) is 10.6 Å². The molecule has 0 saturated carbocycles. The van der Waals surface area contributed by atoms with Crippen molar-refractivity contribution in [3.05, 3.63) is 130 Å². The average Bonchev–Trinajstić information content (AvgIpc) is 3.31. The summed E-state index contributed by atoms with van der Waals surface area (Å²) in [6.07, 6.45) is -3.72. The van der Waals surface area contributed by atoms with Crippen LogP contribution in [0.5, 0.6) is 5.75 Å². The second kappa shape index (κ2) is 12.8. The number of carbonyl (C=O) groups excluding carboxylic acids is 1. The summed E-state index contributed by atoms with van der Waals surface area (Å²) in [7, 11) is -4.46. The summed E-state index contributed by atoms with van der Waals surface area (Å²) in [5.74, 6) is -1.44. The summed E-state index contributed by atoms with van der Waals surface area (Å²) in [4.78, 5) is 40.1. The van der Waals surface area contributed by atoms with Crippen LogP contribution in [0, 0.1) is 17.0 Å². The topological polar surface area (TPSA) is 147 Å². The normalized spacial score (nSPS) is 15.2. The van der Waals surface area contributed by atoms with Crippen molar-refractivity contribution in [2.45, 2.75) is 31.0 Å². The molecule has 4 aromatic rings. The molecule has 1 aliphatic heterocycles. The Hall–Kier alpha value is -4.80. The highest BCUT2D eigenvalue weighted by Gasteiger charge is 2.45. The van der Waals surface area contributed by atoms with Crippen molar-refractivity contribution in [3.8, 4) is 5.75 Å². The number of nitro benzene ring substituents is 1. The summed E-state index contributed by atoms with van der Waals surface area (Å²) < 4.78 is 79.4. The van der Waals surface area contributed by atoms with Gasteiger partial charge in [0.25, 0.3) is 11.2 Å². The zero-order valence-corrected chi connectivity index (χ0v) is 26.5. The summed E-state index contributed by atoms with van der Waals surface area (Å²) in [5, 5.41) is 11.5. The average molecular weight is 708 g/mol. The van der Waals surface area contributed by atoms with Crippen molar-refractivity contribution in [1.29, 1.82) is 0 Å². The van der Waals surface area contributed by atoms with Gasteiger partial charge in [0, 0.05) is 16.7 Å². The molecule has 0 N–H and O–H groups in total. The molecule has 3 aromatic carbocycles. The van der Waals surface area contributed by atoms with Gasteiger partial charge in [-0.25, -0.2) is 9.79 Å². The van der Waals surface area contributed by atoms with E-state index in [2.05, 4.69) is 4.99 Å². The standard InChI is InChI=1S/C30H21ClF3N3O8S2/c1-3-44-28(39)24-25(18-7-9-19(31)10-8-18)36-27(38)23(46-29(36)35-26(24)30(32,33)34)14-17-5-11-20(12-6-17)45-47(42,43)21-13-4-16(2)22(15-21)37(40)41/h4-15,25H,3H2,1-2H3/b23-14-/t25-/m1/s1. The van der Waals surface area contributed by atoms with Gasteiger partial charge in [0.15, 0.2) is 10.5 Å². The number of alkyl halides is 3. The molecule has 1 aromatic heterocycles. The number of allylic oxidation sites excluding steroid dienone is 1. The van der Waals surface area contributed by atoms with Gasteiger partial charge in [-0.15, -0.1) is 0 Å². The maximum atomic E-state index is 14.3. The summed E-state index contributed by atoms with van der Waals surface area (Å²) in [5.41, 5.74) is -2.75. The number of nitro groups is 1. The number of carbonyl (C=O) groups is 1. The van der Waals surface area contributed by atoms with Crippen molar-refractivity contribution in [2.24, 2.45) is 4.99 Å². The van der Waals surface area contributed by atoms with E-state index in [-0.39, 0.29) is 37.8 Å². The monoisotopic (exact) mass is 707 g/mol. The first-order valence-corrected chi connectivity index (χ1v) is 16.1. The Morgan fingerprint density at radius 3 is 2.38 bits per heavy atom. The number of hydrogen-bond donors (Lipinski definition) is 0. The molecular weight excluding hydrogens is 687 g/mol. The molecule has 2 heterocycles. The van der Waals surface area contributed by atoms with Gasteiger partial charge in [-0.05, 0) is 61.4 Å². The quantitative estimate of drug-likeness (QED) is 0.108. The molecule has 1 aliphatic rings. The first kappa shape index (κ1) is 33.6. The molecule has 0 fully saturated rings. The molecule has 0 radical (unpaired) electrons. The fourth-order valence-corrected chi connectivity index (χ4v) is 6.77. The van der Waals surface area contributed by atoms with Gasteiger partial charge >= 0.3 is 22.3 Å². The van der Waals surface area contributed by atoms with E-state index in [1.807, 2.05) is 0 Å². The first-order valence-electron chi connectivity index (χ1n) is 13.5. The van der Waals surface area contributed by atoms with Crippen LogP contribution in [-0.4, -0.2) is 36.7 Å². The SMILES string of the molecule is CCOC(=O)C1=C(C(F)(F)F)N=c2s/c(=C\c3ccc(OS(=O)(=O)c4ccc(C)c([N+](=O)[O-])c4)cc3)c(=O)n2[C@@H]1c1ccc(Cl)cc1. The third-order valence-electron chi connectivity index (χ3n) is 6.83. The molecule has 0 bridgehead atoms. The lowest BCUT2D eigenvalue weighted by atomic mass is 9.95. The van der Waals surface area contributed by atoms with Crippen LogP contribution >= 0.6 is 22.9 Å². The third kappa shape index (κ3) is 6.84. The first-order chi connectivity index (χ1) is 22.1. The predicted octanol–water partition coefficient (Wildman–Crippen LogP) is 4.98. The van der Waals surface area contributed by atoms with E-state index in [0.717, 1.165) is 10.6 Å². The van der Waals surface area contributed by atoms with E-state index in [0.29, 0.717) is 16.9 Å². The van der Waals surface area contributed by atoms with Crippen LogP contribution in [0.15, 0.2) is 92.7 Å². The maximum absolute atomic E-state index is 14.3. The van der Waals surface area contributed by atoms with E-state index in [1.165, 1.54) is 80.6 Å². The Labute approximate surface area is 272 Å². The maximum Gasteiger partial charge on any atom is 0.434 e. The zero-order valence-electron chi connectivity index (χ0n) is 24.1. The second-order valence-corrected chi connectivity index (χ2v) is 12.9. The van der Waals surface area contributed by atoms with Gasteiger partial charge in [0.2, 0.25) is 0 Å². The zero-order chi connectivity index (χ0) is 34.3. The van der Waals surface area contributed by atoms with Crippen LogP contribution in [0.2, 0.25) is 5.02 Å². The lowest BCUT2D eigenvalue weighted by Gasteiger charge is -2.26. The third-order valence-corrected chi connectivity index (χ3v) is 9.31. The summed E-state index contributed by atoms with van der Waals surface area (Å²) in [6, 6.07) is 12.7. The minimum absolute atomic E-state index is 0.0393. The van der Waals surface area contributed by atoms with Crippen LogP contribution in [0.4, 0.5) is 18.9 Å². The van der Waals surface area contributed by atoms with E-state index < -0.39 is 60.6 Å². The van der Waals surface area contributed by atoms with E-state index in [1.54, 1.807) is 0 Å². The molecule has 0 spiro atoms. The van der Waals surface area contributed by atoms with Crippen molar-refractivity contribution in [2.75, 3.05) is 6.61 Å². The van der Waals surface area contributed by atoms with Crippen molar-refractivity contribution in [1.82, 2.24) is 4.57 Å². The van der Waals surface area contributed by atoms with Gasteiger partial charge in [-0.3, -0.25) is 19.5 Å². The summed E-state index contributed by atoms with van der Waals surface area (Å²) >= 11 is 6.64. The van der Waals surface area contributed by atoms with Crippen LogP contribution < -0.4 is 19.1 Å². The van der Waals surface area contributed by atoms with Crippen molar-refractivity contribution < 1.29 is 40.2 Å². The fourth-order valence-electron chi connectivity index (χ4n) is 4.69. The highest BCUT2D eigenvalue weighted by molar-refractivity contribution is 7.87. The predicted molar refractivity (Wildman–Crippen MR) is 164 cm³/mol. The van der Waals surface area contributed by atoms with E-state index in [9.17, 15) is 41.3 Å². The van der Waals surface area contributed by atoms with Gasteiger partial charge in [0.05, 0.1) is 27.7 Å². The largest absolute Gasteiger partial charge is 0.463 e. The number of rotatable bonds is 8. The number of nitrogens with zero attached hydrogens (tertiary/aromatic N) is 3. The van der Waals surface area contributed by atoms with Crippen molar-refractivity contribution in [3.63, 3.8) is 0 Å². The molecule has 11 nitrogen and oxygen atoms in total. The van der Waals surface area contributed by atoms with E-state index in [4.69, 9.17) is 20.5 Å². The number of halogens is 4. The van der Waals surface area contributed by atoms with Crippen LogP contribution in [0.1, 0.15) is 29.7 Å². The number of fused-ring (bicyclic) bond motifs is 1. The highest BCUT2D eigenvalue weighted by Crippen LogP contribution is 2.38. The Bertz CT molecular complexity index is 2230. The summed E-state index contributed by atoms with van der Waals surface area (Å²) in [6.45, 7) is 2.66. The molecule has 5 rings (SSSR count). The molecule has 0 saturated heterocycles. The fraction of sp³-hybridized carbons (Fsp3) is 0.167. The molecule has 17 heteroatoms. The van der Waals surface area contributed by atoms with Crippen LogP contribution in [0.25, 0.3) is 6.08 Å². The second-order valence-electron chi connectivity index (χ2n) is 9.93. The van der Waals surface area contributed by atoms with Gasteiger partial charge in [-0.1, -0.05) is 53.3 Å². The van der Waals surface area contributed by atoms with Crippen molar-refractivity contribution >= 4 is 50.8 Å². The Balaban J connectivity index is 1.56.